The van der Waals surface area contributed by atoms with Gasteiger partial charge in [-0.25, -0.2) is 4.98 Å². The predicted molar refractivity (Wildman–Crippen MR) is 85.9 cm³/mol. The molecule has 0 spiro atoms. The highest BCUT2D eigenvalue weighted by atomic mass is 79.9. The summed E-state index contributed by atoms with van der Waals surface area (Å²) in [6.45, 7) is 1.45. The van der Waals surface area contributed by atoms with Crippen molar-refractivity contribution in [3.05, 3.63) is 31.9 Å². The van der Waals surface area contributed by atoms with E-state index in [4.69, 9.17) is 11.6 Å². The van der Waals surface area contributed by atoms with Crippen molar-refractivity contribution in [1.82, 2.24) is 19.7 Å². The molecule has 0 radical (unpaired) electrons. The Hall–Kier alpha value is -0.920. The molecule has 0 bridgehead atoms. The fourth-order valence-corrected chi connectivity index (χ4v) is 4.42. The van der Waals surface area contributed by atoms with Crippen molar-refractivity contribution >= 4 is 44.8 Å². The molecule has 0 unspecified atom stereocenters. The van der Waals surface area contributed by atoms with Gasteiger partial charge in [0.2, 0.25) is 0 Å². The maximum absolute atomic E-state index is 12.4. The number of thiazole rings is 1. The van der Waals surface area contributed by atoms with Crippen molar-refractivity contribution in [2.75, 3.05) is 13.1 Å². The normalized spacial score (nSPS) is 16.4. The molecule has 21 heavy (non-hydrogen) atoms. The second-order valence-electron chi connectivity index (χ2n) is 5.10. The van der Waals surface area contributed by atoms with Crippen LogP contribution in [0.2, 0.25) is 4.34 Å². The topological polar surface area (TPSA) is 51.0 Å². The second kappa shape index (κ2) is 6.06. The van der Waals surface area contributed by atoms with Crippen molar-refractivity contribution in [2.24, 2.45) is 7.05 Å². The standard InChI is InChI=1S/C13H14BrClN4OS/c1-18-7-9(6-16-18)8-2-4-19(5-3-8)12(20)10-11(15)21-13(14)17-10/h6-8H,2-5H2,1H3. The van der Waals surface area contributed by atoms with Crippen molar-refractivity contribution in [3.63, 3.8) is 0 Å². The number of nitrogens with zero attached hydrogens (tertiary/aromatic N) is 4. The molecule has 0 atom stereocenters. The van der Waals surface area contributed by atoms with Gasteiger partial charge in [-0.15, -0.1) is 0 Å². The van der Waals surface area contributed by atoms with Gasteiger partial charge in [-0.05, 0) is 40.3 Å². The first-order valence-corrected chi connectivity index (χ1v) is 8.63. The third kappa shape index (κ3) is 3.14. The summed E-state index contributed by atoms with van der Waals surface area (Å²) in [7, 11) is 1.92. The number of halogens is 2. The number of carbonyl (C=O) groups excluding carboxylic acids is 1. The number of hydrogen-bond acceptors (Lipinski definition) is 4. The van der Waals surface area contributed by atoms with Crippen LogP contribution >= 0.6 is 38.9 Å². The van der Waals surface area contributed by atoms with Gasteiger partial charge in [-0.2, -0.15) is 5.10 Å². The van der Waals surface area contributed by atoms with E-state index in [1.165, 1.54) is 16.9 Å². The average Bonchev–Trinajstić information content (AvgIpc) is 3.04. The van der Waals surface area contributed by atoms with Crippen LogP contribution in [0.4, 0.5) is 0 Å². The number of amides is 1. The number of rotatable bonds is 2. The minimum atomic E-state index is -0.0772. The Bertz CT molecular complexity index is 663. The molecule has 0 aromatic carbocycles. The van der Waals surface area contributed by atoms with Gasteiger partial charge in [0.05, 0.1) is 6.20 Å². The molecule has 5 nitrogen and oxygen atoms in total. The molecule has 8 heteroatoms. The molecule has 2 aromatic heterocycles. The Morgan fingerprint density at radius 2 is 2.19 bits per heavy atom. The summed E-state index contributed by atoms with van der Waals surface area (Å²) in [5.74, 6) is 0.395. The zero-order chi connectivity index (χ0) is 15.0. The van der Waals surface area contributed by atoms with Crippen LogP contribution in [-0.4, -0.2) is 38.7 Å². The van der Waals surface area contributed by atoms with E-state index >= 15 is 0 Å². The van der Waals surface area contributed by atoms with Crippen LogP contribution in [0.3, 0.4) is 0 Å². The van der Waals surface area contributed by atoms with Gasteiger partial charge in [0.15, 0.2) is 9.61 Å². The summed E-state index contributed by atoms with van der Waals surface area (Å²) >= 11 is 10.6. The Labute approximate surface area is 140 Å². The lowest BCUT2D eigenvalue weighted by Gasteiger charge is -2.31. The number of aromatic nitrogens is 3. The van der Waals surface area contributed by atoms with Crippen LogP contribution in [0.5, 0.6) is 0 Å². The van der Waals surface area contributed by atoms with Gasteiger partial charge in [-0.3, -0.25) is 9.48 Å². The van der Waals surface area contributed by atoms with E-state index in [0.717, 1.165) is 25.9 Å². The molecule has 0 aliphatic carbocycles. The first kappa shape index (κ1) is 15.0. The Morgan fingerprint density at radius 3 is 2.71 bits per heavy atom. The van der Waals surface area contributed by atoms with E-state index in [-0.39, 0.29) is 5.91 Å². The van der Waals surface area contributed by atoms with Crippen molar-refractivity contribution in [1.29, 1.82) is 0 Å². The van der Waals surface area contributed by atoms with Crippen LogP contribution in [0.1, 0.15) is 34.8 Å². The van der Waals surface area contributed by atoms with E-state index in [0.29, 0.717) is 19.9 Å². The fraction of sp³-hybridized carbons (Fsp3) is 0.462. The molecule has 1 fully saturated rings. The molecule has 0 saturated carbocycles. The quantitative estimate of drug-likeness (QED) is 0.792. The molecular weight excluding hydrogens is 376 g/mol. The van der Waals surface area contributed by atoms with E-state index in [1.54, 1.807) is 0 Å². The van der Waals surface area contributed by atoms with E-state index in [9.17, 15) is 4.79 Å². The van der Waals surface area contributed by atoms with Crippen LogP contribution in [-0.2, 0) is 7.05 Å². The van der Waals surface area contributed by atoms with Gasteiger partial charge in [0.1, 0.15) is 4.34 Å². The highest BCUT2D eigenvalue weighted by Gasteiger charge is 2.28. The zero-order valence-electron chi connectivity index (χ0n) is 11.4. The first-order valence-electron chi connectivity index (χ1n) is 6.64. The Kier molecular flexibility index (Phi) is 4.33. The van der Waals surface area contributed by atoms with Gasteiger partial charge in [0.25, 0.3) is 5.91 Å². The third-order valence-corrected chi connectivity index (χ3v) is 5.45. The van der Waals surface area contributed by atoms with Gasteiger partial charge >= 0.3 is 0 Å². The molecule has 1 aliphatic heterocycles. The molecule has 1 saturated heterocycles. The number of likely N-dealkylation sites (tertiary alicyclic amines) is 1. The fourth-order valence-electron chi connectivity index (χ4n) is 2.63. The lowest BCUT2D eigenvalue weighted by atomic mass is 9.91. The van der Waals surface area contributed by atoms with Crippen LogP contribution in [0.25, 0.3) is 0 Å². The van der Waals surface area contributed by atoms with E-state index < -0.39 is 0 Å². The maximum Gasteiger partial charge on any atom is 0.274 e. The summed E-state index contributed by atoms with van der Waals surface area (Å²) in [5.41, 5.74) is 1.60. The number of piperidine rings is 1. The summed E-state index contributed by atoms with van der Waals surface area (Å²) < 4.78 is 2.90. The molecular formula is C13H14BrClN4OS. The summed E-state index contributed by atoms with van der Waals surface area (Å²) in [6, 6.07) is 0. The summed E-state index contributed by atoms with van der Waals surface area (Å²) in [4.78, 5) is 18.4. The Balaban J connectivity index is 1.65. The summed E-state index contributed by atoms with van der Waals surface area (Å²) in [5, 5.41) is 4.21. The molecule has 0 N–H and O–H groups in total. The highest BCUT2D eigenvalue weighted by molar-refractivity contribution is 9.11. The first-order chi connectivity index (χ1) is 10.0. The minimum absolute atomic E-state index is 0.0772. The van der Waals surface area contributed by atoms with E-state index in [2.05, 4.69) is 32.2 Å². The average molecular weight is 390 g/mol. The third-order valence-electron chi connectivity index (χ3n) is 3.74. The van der Waals surface area contributed by atoms with Gasteiger partial charge in [0, 0.05) is 26.3 Å². The lowest BCUT2D eigenvalue weighted by molar-refractivity contribution is 0.0708. The zero-order valence-corrected chi connectivity index (χ0v) is 14.6. The van der Waals surface area contributed by atoms with Crippen molar-refractivity contribution < 1.29 is 4.79 Å². The smallest absolute Gasteiger partial charge is 0.274 e. The minimum Gasteiger partial charge on any atom is -0.337 e. The molecule has 112 valence electrons. The van der Waals surface area contributed by atoms with Crippen LogP contribution in [0.15, 0.2) is 16.3 Å². The van der Waals surface area contributed by atoms with Gasteiger partial charge < -0.3 is 4.90 Å². The largest absolute Gasteiger partial charge is 0.337 e. The number of carbonyl (C=O) groups is 1. The van der Waals surface area contributed by atoms with Gasteiger partial charge in [-0.1, -0.05) is 22.9 Å². The predicted octanol–water partition coefficient (Wildman–Crippen LogP) is 3.31. The number of aryl methyl sites for hydroxylation is 1. The Morgan fingerprint density at radius 1 is 1.48 bits per heavy atom. The van der Waals surface area contributed by atoms with Crippen LogP contribution < -0.4 is 0 Å². The summed E-state index contributed by atoms with van der Waals surface area (Å²) in [6.07, 6.45) is 5.85. The highest BCUT2D eigenvalue weighted by Crippen LogP contribution is 2.31. The number of hydrogen-bond donors (Lipinski definition) is 0. The molecule has 3 rings (SSSR count). The SMILES string of the molecule is Cn1cc(C2CCN(C(=O)c3nc(Br)sc3Cl)CC2)cn1. The maximum atomic E-state index is 12.4. The van der Waals surface area contributed by atoms with Crippen LogP contribution in [0, 0.1) is 0 Å². The second-order valence-corrected chi connectivity index (χ2v) is 7.98. The molecule has 2 aromatic rings. The van der Waals surface area contributed by atoms with E-state index in [1.807, 2.05) is 22.8 Å². The molecule has 1 amide bonds. The lowest BCUT2D eigenvalue weighted by Crippen LogP contribution is -2.38. The van der Waals surface area contributed by atoms with Crippen molar-refractivity contribution in [3.8, 4) is 0 Å². The monoisotopic (exact) mass is 388 g/mol. The molecule has 3 heterocycles. The van der Waals surface area contributed by atoms with Crippen molar-refractivity contribution in [2.45, 2.75) is 18.8 Å². The molecule has 1 aliphatic rings.